The van der Waals surface area contributed by atoms with E-state index in [1.54, 1.807) is 10.9 Å². The minimum atomic E-state index is 0.154. The number of hydrogen-bond donors (Lipinski definition) is 1. The van der Waals surface area contributed by atoms with Gasteiger partial charge in [0.25, 0.3) is 0 Å². The summed E-state index contributed by atoms with van der Waals surface area (Å²) in [5, 5.41) is 4.11. The van der Waals surface area contributed by atoms with Crippen molar-refractivity contribution in [2.45, 2.75) is 40.2 Å². The van der Waals surface area contributed by atoms with Crippen molar-refractivity contribution >= 4 is 5.78 Å². The van der Waals surface area contributed by atoms with E-state index in [0.717, 1.165) is 13.0 Å². The number of aromatic nitrogens is 2. The fourth-order valence-corrected chi connectivity index (χ4v) is 1.99. The highest BCUT2D eigenvalue weighted by Crippen LogP contribution is 2.17. The van der Waals surface area contributed by atoms with Crippen LogP contribution in [0.25, 0.3) is 0 Å². The SMILES string of the molecule is CCn1cc(C(=O)CC(CN)CC(C)C)cn1. The van der Waals surface area contributed by atoms with Gasteiger partial charge in [0.1, 0.15) is 0 Å². The van der Waals surface area contributed by atoms with Crippen LogP contribution < -0.4 is 5.73 Å². The van der Waals surface area contributed by atoms with Crippen LogP contribution in [0, 0.1) is 11.8 Å². The zero-order valence-corrected chi connectivity index (χ0v) is 11.0. The Bertz CT molecular complexity index is 357. The van der Waals surface area contributed by atoms with Gasteiger partial charge in [-0.05, 0) is 31.7 Å². The lowest BCUT2D eigenvalue weighted by molar-refractivity contribution is 0.0957. The highest BCUT2D eigenvalue weighted by Gasteiger charge is 2.16. The molecule has 0 bridgehead atoms. The van der Waals surface area contributed by atoms with Crippen LogP contribution in [0.3, 0.4) is 0 Å². The molecule has 17 heavy (non-hydrogen) atoms. The summed E-state index contributed by atoms with van der Waals surface area (Å²) in [5.41, 5.74) is 6.41. The highest BCUT2D eigenvalue weighted by molar-refractivity contribution is 5.95. The first-order valence-corrected chi connectivity index (χ1v) is 6.32. The van der Waals surface area contributed by atoms with Gasteiger partial charge < -0.3 is 5.73 Å². The van der Waals surface area contributed by atoms with Gasteiger partial charge in [0.05, 0.1) is 11.8 Å². The minimum absolute atomic E-state index is 0.154. The molecule has 0 aliphatic rings. The van der Waals surface area contributed by atoms with Crippen molar-refractivity contribution in [1.82, 2.24) is 9.78 Å². The van der Waals surface area contributed by atoms with Gasteiger partial charge >= 0.3 is 0 Å². The van der Waals surface area contributed by atoms with E-state index in [1.165, 1.54) is 0 Å². The Balaban J connectivity index is 2.57. The number of Topliss-reactive ketones (excluding diaryl/α,β-unsaturated/α-hetero) is 1. The monoisotopic (exact) mass is 237 g/mol. The van der Waals surface area contributed by atoms with Crippen molar-refractivity contribution < 1.29 is 4.79 Å². The maximum atomic E-state index is 12.0. The van der Waals surface area contributed by atoms with Crippen molar-refractivity contribution in [3.63, 3.8) is 0 Å². The Kier molecular flexibility index (Phi) is 5.35. The van der Waals surface area contributed by atoms with E-state index in [9.17, 15) is 4.79 Å². The fraction of sp³-hybridized carbons (Fsp3) is 0.692. The number of carbonyl (C=O) groups is 1. The van der Waals surface area contributed by atoms with Crippen molar-refractivity contribution in [2.24, 2.45) is 17.6 Å². The molecular weight excluding hydrogens is 214 g/mol. The lowest BCUT2D eigenvalue weighted by atomic mass is 9.91. The summed E-state index contributed by atoms with van der Waals surface area (Å²) in [4.78, 5) is 12.0. The van der Waals surface area contributed by atoms with Crippen LogP contribution in [0.5, 0.6) is 0 Å². The minimum Gasteiger partial charge on any atom is -0.330 e. The average Bonchev–Trinajstić information content (AvgIpc) is 2.75. The maximum absolute atomic E-state index is 12.0. The van der Waals surface area contributed by atoms with E-state index in [4.69, 9.17) is 5.73 Å². The molecule has 1 aromatic rings. The van der Waals surface area contributed by atoms with Crippen molar-refractivity contribution in [3.05, 3.63) is 18.0 Å². The molecule has 0 aromatic carbocycles. The summed E-state index contributed by atoms with van der Waals surface area (Å²) < 4.78 is 1.77. The number of carbonyl (C=O) groups excluding carboxylic acids is 1. The molecule has 0 fully saturated rings. The molecule has 1 unspecified atom stereocenters. The quantitative estimate of drug-likeness (QED) is 0.739. The molecule has 0 amide bonds. The van der Waals surface area contributed by atoms with Gasteiger partial charge in [0.2, 0.25) is 0 Å². The maximum Gasteiger partial charge on any atom is 0.166 e. The van der Waals surface area contributed by atoms with Crippen LogP contribution in [-0.4, -0.2) is 22.1 Å². The van der Waals surface area contributed by atoms with Crippen molar-refractivity contribution in [1.29, 1.82) is 0 Å². The standard InChI is InChI=1S/C13H23N3O/c1-4-16-9-12(8-15-16)13(17)6-11(7-14)5-10(2)3/h8-11H,4-7,14H2,1-3H3. The second kappa shape index (κ2) is 6.55. The zero-order chi connectivity index (χ0) is 12.8. The van der Waals surface area contributed by atoms with Gasteiger partial charge in [-0.15, -0.1) is 0 Å². The topological polar surface area (TPSA) is 60.9 Å². The summed E-state index contributed by atoms with van der Waals surface area (Å²) in [6.45, 7) is 7.68. The molecule has 0 aliphatic carbocycles. The summed E-state index contributed by atoms with van der Waals surface area (Å²) in [5.74, 6) is 1.02. The molecule has 0 spiro atoms. The third-order valence-electron chi connectivity index (χ3n) is 2.89. The smallest absolute Gasteiger partial charge is 0.166 e. The molecule has 1 heterocycles. The van der Waals surface area contributed by atoms with Crippen LogP contribution in [0.4, 0.5) is 0 Å². The lowest BCUT2D eigenvalue weighted by Crippen LogP contribution is -2.20. The summed E-state index contributed by atoms with van der Waals surface area (Å²) >= 11 is 0. The third kappa shape index (κ3) is 4.30. The second-order valence-corrected chi connectivity index (χ2v) is 4.94. The van der Waals surface area contributed by atoms with Crippen LogP contribution in [0.1, 0.15) is 44.0 Å². The van der Waals surface area contributed by atoms with E-state index in [-0.39, 0.29) is 11.7 Å². The normalized spacial score (nSPS) is 13.0. The van der Waals surface area contributed by atoms with Gasteiger partial charge in [-0.2, -0.15) is 5.10 Å². The largest absolute Gasteiger partial charge is 0.330 e. The molecule has 1 atom stereocenters. The number of aryl methyl sites for hydroxylation is 1. The molecule has 1 aromatic heterocycles. The number of nitrogens with zero attached hydrogens (tertiary/aromatic N) is 2. The first kappa shape index (κ1) is 13.9. The molecule has 4 nitrogen and oxygen atoms in total. The van der Waals surface area contributed by atoms with Crippen LogP contribution in [0.2, 0.25) is 0 Å². The van der Waals surface area contributed by atoms with Gasteiger partial charge in [-0.3, -0.25) is 9.48 Å². The fourth-order valence-electron chi connectivity index (χ4n) is 1.99. The number of ketones is 1. The first-order chi connectivity index (χ1) is 8.06. The van der Waals surface area contributed by atoms with Gasteiger partial charge in [-0.25, -0.2) is 0 Å². The molecule has 0 radical (unpaired) electrons. The second-order valence-electron chi connectivity index (χ2n) is 4.94. The molecule has 0 saturated carbocycles. The Morgan fingerprint density at radius 3 is 2.71 bits per heavy atom. The Morgan fingerprint density at radius 2 is 2.24 bits per heavy atom. The molecule has 2 N–H and O–H groups in total. The van der Waals surface area contributed by atoms with Crippen LogP contribution >= 0.6 is 0 Å². The predicted octanol–water partition coefficient (Wildman–Crippen LogP) is 2.10. The van der Waals surface area contributed by atoms with E-state index in [0.29, 0.717) is 24.4 Å². The number of nitrogens with two attached hydrogens (primary N) is 1. The lowest BCUT2D eigenvalue weighted by Gasteiger charge is -2.15. The molecule has 96 valence electrons. The predicted molar refractivity (Wildman–Crippen MR) is 68.8 cm³/mol. The summed E-state index contributed by atoms with van der Waals surface area (Å²) in [7, 11) is 0. The van der Waals surface area contributed by atoms with Crippen molar-refractivity contribution in [3.8, 4) is 0 Å². The highest BCUT2D eigenvalue weighted by atomic mass is 16.1. The molecule has 0 saturated heterocycles. The van der Waals surface area contributed by atoms with E-state index in [1.807, 2.05) is 13.1 Å². The number of hydrogen-bond acceptors (Lipinski definition) is 3. The Hall–Kier alpha value is -1.16. The Morgan fingerprint density at radius 1 is 1.53 bits per heavy atom. The molecular formula is C13H23N3O. The van der Waals surface area contributed by atoms with E-state index >= 15 is 0 Å². The third-order valence-corrected chi connectivity index (χ3v) is 2.89. The van der Waals surface area contributed by atoms with Gasteiger partial charge in [-0.1, -0.05) is 13.8 Å². The first-order valence-electron chi connectivity index (χ1n) is 6.32. The number of rotatable bonds is 7. The van der Waals surface area contributed by atoms with E-state index < -0.39 is 0 Å². The van der Waals surface area contributed by atoms with Crippen molar-refractivity contribution in [2.75, 3.05) is 6.54 Å². The van der Waals surface area contributed by atoms with E-state index in [2.05, 4.69) is 18.9 Å². The summed E-state index contributed by atoms with van der Waals surface area (Å²) in [6.07, 6.45) is 4.99. The molecule has 4 heteroatoms. The zero-order valence-electron chi connectivity index (χ0n) is 11.0. The van der Waals surface area contributed by atoms with Crippen LogP contribution in [-0.2, 0) is 6.54 Å². The van der Waals surface area contributed by atoms with Gasteiger partial charge in [0.15, 0.2) is 5.78 Å². The van der Waals surface area contributed by atoms with Gasteiger partial charge in [0, 0.05) is 19.2 Å². The Labute approximate surface area is 103 Å². The van der Waals surface area contributed by atoms with Crippen LogP contribution in [0.15, 0.2) is 12.4 Å². The molecule has 1 rings (SSSR count). The average molecular weight is 237 g/mol. The summed E-state index contributed by atoms with van der Waals surface area (Å²) in [6, 6.07) is 0. The molecule has 0 aliphatic heterocycles.